The average molecular weight is 635 g/mol. The van der Waals surface area contributed by atoms with Crippen molar-refractivity contribution in [3.8, 4) is 0 Å². The monoisotopic (exact) mass is 634 g/mol. The first-order valence-electron chi connectivity index (χ1n) is 18.5. The molecule has 2 atom stereocenters. The molecule has 0 spiro atoms. The molecule has 0 radical (unpaired) electrons. The second-order valence-electron chi connectivity index (χ2n) is 15.8. The summed E-state index contributed by atoms with van der Waals surface area (Å²) < 4.78 is 11.7. The number of hydrogen-bond donors (Lipinski definition) is 3. The van der Waals surface area contributed by atoms with Crippen molar-refractivity contribution >= 4 is 17.8 Å². The predicted octanol–water partition coefficient (Wildman–Crippen LogP) is 8.06. The van der Waals surface area contributed by atoms with Crippen LogP contribution in [0.4, 0.5) is 0 Å². The fourth-order valence-corrected chi connectivity index (χ4v) is 7.74. The lowest BCUT2D eigenvalue weighted by Crippen LogP contribution is -2.62. The number of aliphatic carboxylic acids is 1. The first-order chi connectivity index (χ1) is 21.4. The molecule has 0 aromatic carbocycles. The Hall–Kier alpha value is -1.67. The number of unbranched alkanes of at least 4 members (excludes halogenated alkanes) is 12. The Morgan fingerprint density at radius 3 is 1.80 bits per heavy atom. The van der Waals surface area contributed by atoms with E-state index in [1.165, 1.54) is 70.6 Å². The van der Waals surface area contributed by atoms with Crippen molar-refractivity contribution in [1.29, 1.82) is 0 Å². The molecule has 0 bridgehead atoms. The molecular formula is C37H66N2O6. The summed E-state index contributed by atoms with van der Waals surface area (Å²) in [7, 11) is 0. The molecule has 0 aromatic rings. The molecule has 2 unspecified atom stereocenters. The van der Waals surface area contributed by atoms with Gasteiger partial charge >= 0.3 is 5.97 Å². The normalized spacial score (nSPS) is 23.5. The Kier molecular flexibility index (Phi) is 14.7. The van der Waals surface area contributed by atoms with Crippen LogP contribution in [0.2, 0.25) is 0 Å². The zero-order valence-electron chi connectivity index (χ0n) is 29.4. The smallest absolute Gasteiger partial charge is 0.310 e. The molecule has 3 N–H and O–H groups in total. The van der Waals surface area contributed by atoms with E-state index in [0.29, 0.717) is 19.4 Å². The van der Waals surface area contributed by atoms with Gasteiger partial charge in [-0.3, -0.25) is 14.4 Å². The van der Waals surface area contributed by atoms with Crippen LogP contribution < -0.4 is 10.6 Å². The van der Waals surface area contributed by atoms with E-state index in [-0.39, 0.29) is 23.8 Å². The number of amides is 2. The van der Waals surface area contributed by atoms with Gasteiger partial charge in [0.15, 0.2) is 5.79 Å². The molecule has 2 amide bonds. The zero-order valence-corrected chi connectivity index (χ0v) is 29.4. The van der Waals surface area contributed by atoms with Gasteiger partial charge in [-0.1, -0.05) is 124 Å². The number of carboxylic acids is 1. The molecule has 8 heteroatoms. The van der Waals surface area contributed by atoms with Gasteiger partial charge in [0.05, 0.1) is 18.1 Å². The number of carboxylic acid groups (broad SMARTS) is 1. The van der Waals surface area contributed by atoms with E-state index in [1.807, 2.05) is 13.8 Å². The third-order valence-corrected chi connectivity index (χ3v) is 11.0. The first-order valence-corrected chi connectivity index (χ1v) is 18.5. The molecule has 3 fully saturated rings. The summed E-state index contributed by atoms with van der Waals surface area (Å²) in [5.74, 6) is -3.08. The third kappa shape index (κ3) is 10.9. The van der Waals surface area contributed by atoms with Crippen LogP contribution in [-0.2, 0) is 23.9 Å². The van der Waals surface area contributed by atoms with Crippen LogP contribution in [-0.4, -0.2) is 53.5 Å². The van der Waals surface area contributed by atoms with Crippen LogP contribution in [0.25, 0.3) is 0 Å². The largest absolute Gasteiger partial charge is 0.481 e. The highest BCUT2D eigenvalue weighted by Crippen LogP contribution is 2.47. The maximum Gasteiger partial charge on any atom is 0.310 e. The van der Waals surface area contributed by atoms with E-state index >= 15 is 0 Å². The van der Waals surface area contributed by atoms with Crippen molar-refractivity contribution in [2.75, 3.05) is 13.2 Å². The minimum absolute atomic E-state index is 0.0304. The lowest BCUT2D eigenvalue weighted by molar-refractivity contribution is -0.304. The standard InChI is InChI=1S/C37H66N2O6/c1-6-7-8-9-10-11-12-13-14-15-16-17-18-22-36(23-21-24-36)33(43)39-37(25-19-20-26-37)29(32(41)42)27-38-31(40)30-34(2,3)28-44-35(4,5)45-30/h29-30H,6-28H2,1-5H3,(H,38,40)(H,39,43)(H,41,42). The summed E-state index contributed by atoms with van der Waals surface area (Å²) in [6.07, 6.45) is 22.8. The first kappa shape index (κ1) is 37.8. The molecule has 0 aromatic heterocycles. The van der Waals surface area contributed by atoms with Crippen molar-refractivity contribution in [3.63, 3.8) is 0 Å². The second-order valence-corrected chi connectivity index (χ2v) is 15.8. The van der Waals surface area contributed by atoms with E-state index in [1.54, 1.807) is 13.8 Å². The van der Waals surface area contributed by atoms with Gasteiger partial charge in [-0.15, -0.1) is 0 Å². The number of carbonyl (C=O) groups is 3. The molecule has 8 nitrogen and oxygen atoms in total. The Balaban J connectivity index is 1.47. The molecular weight excluding hydrogens is 568 g/mol. The average Bonchev–Trinajstić information content (AvgIpc) is 3.42. The Morgan fingerprint density at radius 2 is 1.31 bits per heavy atom. The van der Waals surface area contributed by atoms with Crippen LogP contribution in [0, 0.1) is 16.7 Å². The Labute approximate surface area is 273 Å². The van der Waals surface area contributed by atoms with Crippen molar-refractivity contribution in [1.82, 2.24) is 10.6 Å². The number of ether oxygens (including phenoxy) is 2. The fraction of sp³-hybridized carbons (Fsp3) is 0.919. The van der Waals surface area contributed by atoms with Crippen LogP contribution in [0.5, 0.6) is 0 Å². The van der Waals surface area contributed by atoms with Crippen LogP contribution in [0.3, 0.4) is 0 Å². The van der Waals surface area contributed by atoms with Gasteiger partial charge in [0.25, 0.3) is 0 Å². The minimum atomic E-state index is -0.982. The van der Waals surface area contributed by atoms with Gasteiger partial charge in [-0.05, 0) is 46.0 Å². The lowest BCUT2D eigenvalue weighted by atomic mass is 9.64. The highest BCUT2D eigenvalue weighted by Gasteiger charge is 2.52. The zero-order chi connectivity index (χ0) is 33.0. The Morgan fingerprint density at radius 1 is 0.778 bits per heavy atom. The maximum absolute atomic E-state index is 13.9. The summed E-state index contributed by atoms with van der Waals surface area (Å²) in [4.78, 5) is 39.9. The van der Waals surface area contributed by atoms with Gasteiger partial charge in [-0.25, -0.2) is 0 Å². The lowest BCUT2D eigenvalue weighted by Gasteiger charge is -2.46. The van der Waals surface area contributed by atoms with Crippen LogP contribution in [0.15, 0.2) is 0 Å². The fourth-order valence-electron chi connectivity index (χ4n) is 7.74. The predicted molar refractivity (Wildman–Crippen MR) is 179 cm³/mol. The highest BCUT2D eigenvalue weighted by atomic mass is 16.7. The van der Waals surface area contributed by atoms with Crippen molar-refractivity contribution in [2.45, 2.75) is 187 Å². The van der Waals surface area contributed by atoms with E-state index in [0.717, 1.165) is 51.4 Å². The summed E-state index contributed by atoms with van der Waals surface area (Å²) >= 11 is 0. The van der Waals surface area contributed by atoms with E-state index in [9.17, 15) is 19.5 Å². The van der Waals surface area contributed by atoms with Gasteiger partial charge in [0.1, 0.15) is 6.10 Å². The molecule has 2 saturated carbocycles. The number of rotatable bonds is 21. The summed E-state index contributed by atoms with van der Waals surface area (Å²) in [5, 5.41) is 16.6. The quantitative estimate of drug-likeness (QED) is 0.110. The van der Waals surface area contributed by atoms with E-state index in [2.05, 4.69) is 17.6 Å². The van der Waals surface area contributed by atoms with Gasteiger partial charge in [0.2, 0.25) is 11.8 Å². The molecule has 260 valence electrons. The molecule has 45 heavy (non-hydrogen) atoms. The summed E-state index contributed by atoms with van der Waals surface area (Å²) in [6.45, 7) is 9.96. The summed E-state index contributed by atoms with van der Waals surface area (Å²) in [6, 6.07) is 0. The number of carbonyl (C=O) groups excluding carboxylic acids is 2. The number of nitrogens with one attached hydrogen (secondary N) is 2. The number of hydrogen-bond acceptors (Lipinski definition) is 5. The van der Waals surface area contributed by atoms with Crippen LogP contribution >= 0.6 is 0 Å². The maximum atomic E-state index is 13.9. The Bertz CT molecular complexity index is 937. The van der Waals surface area contributed by atoms with E-state index < -0.39 is 34.7 Å². The van der Waals surface area contributed by atoms with E-state index in [4.69, 9.17) is 9.47 Å². The SMILES string of the molecule is CCCCCCCCCCCCCCCC1(C(=O)NC2(C(CNC(=O)C3OC(C)(C)OCC3(C)C)C(=O)O)CCCC2)CCC1. The topological polar surface area (TPSA) is 114 Å². The molecule has 2 aliphatic carbocycles. The van der Waals surface area contributed by atoms with Gasteiger partial charge in [0, 0.05) is 17.4 Å². The van der Waals surface area contributed by atoms with Crippen molar-refractivity contribution < 1.29 is 29.0 Å². The minimum Gasteiger partial charge on any atom is -0.481 e. The molecule has 1 heterocycles. The van der Waals surface area contributed by atoms with Crippen LogP contribution in [0.1, 0.15) is 169 Å². The second kappa shape index (κ2) is 17.5. The third-order valence-electron chi connectivity index (χ3n) is 11.0. The van der Waals surface area contributed by atoms with Crippen molar-refractivity contribution in [3.05, 3.63) is 0 Å². The molecule has 1 saturated heterocycles. The highest BCUT2D eigenvalue weighted by molar-refractivity contribution is 5.86. The molecule has 1 aliphatic heterocycles. The summed E-state index contributed by atoms with van der Waals surface area (Å²) in [5.41, 5.74) is -1.77. The molecule has 3 rings (SSSR count). The van der Waals surface area contributed by atoms with Crippen molar-refractivity contribution in [2.24, 2.45) is 16.7 Å². The van der Waals surface area contributed by atoms with Gasteiger partial charge < -0.3 is 25.2 Å². The molecule has 3 aliphatic rings. The van der Waals surface area contributed by atoms with Gasteiger partial charge in [-0.2, -0.15) is 0 Å².